The van der Waals surface area contributed by atoms with Crippen LogP contribution < -0.4 is 5.32 Å². The molecular formula is C14H16N6O. The third-order valence-electron chi connectivity index (χ3n) is 3.46. The minimum atomic E-state index is -0.177. The number of fused-ring (bicyclic) bond motifs is 1. The number of aryl methyl sites for hydroxylation is 2. The van der Waals surface area contributed by atoms with Crippen molar-refractivity contribution < 1.29 is 4.79 Å². The topological polar surface area (TPSA) is 88.0 Å². The molecule has 7 nitrogen and oxygen atoms in total. The summed E-state index contributed by atoms with van der Waals surface area (Å²) < 4.78 is 1.69. The zero-order valence-electron chi connectivity index (χ0n) is 12.1. The summed E-state index contributed by atoms with van der Waals surface area (Å²) in [7, 11) is 0. The summed E-state index contributed by atoms with van der Waals surface area (Å²) in [5.41, 5.74) is 3.82. The number of rotatable bonds is 3. The van der Waals surface area contributed by atoms with Crippen molar-refractivity contribution in [3.8, 4) is 0 Å². The second kappa shape index (κ2) is 5.01. The molecule has 0 aromatic carbocycles. The Morgan fingerprint density at radius 1 is 1.38 bits per heavy atom. The van der Waals surface area contributed by atoms with E-state index in [0.29, 0.717) is 5.56 Å². The SMILES string of the molecule is Cc1cc2ncc(C(=O)NC(C)c3cn[nH]c3)c(C)n2n1. The van der Waals surface area contributed by atoms with Crippen molar-refractivity contribution in [2.45, 2.75) is 26.8 Å². The molecule has 0 spiro atoms. The van der Waals surface area contributed by atoms with Crippen LogP contribution in [0.15, 0.2) is 24.7 Å². The van der Waals surface area contributed by atoms with E-state index in [0.717, 1.165) is 22.6 Å². The van der Waals surface area contributed by atoms with Gasteiger partial charge >= 0.3 is 0 Å². The first-order valence-corrected chi connectivity index (χ1v) is 6.68. The number of carbonyl (C=O) groups is 1. The van der Waals surface area contributed by atoms with E-state index in [-0.39, 0.29) is 11.9 Å². The molecule has 3 heterocycles. The summed E-state index contributed by atoms with van der Waals surface area (Å²) in [6.45, 7) is 5.66. The van der Waals surface area contributed by atoms with Crippen LogP contribution in [0.3, 0.4) is 0 Å². The minimum Gasteiger partial charge on any atom is -0.345 e. The molecule has 108 valence electrons. The predicted octanol–water partition coefficient (Wildman–Crippen LogP) is 1.56. The quantitative estimate of drug-likeness (QED) is 0.764. The summed E-state index contributed by atoms with van der Waals surface area (Å²) >= 11 is 0. The van der Waals surface area contributed by atoms with Crippen LogP contribution in [-0.4, -0.2) is 30.7 Å². The summed E-state index contributed by atoms with van der Waals surface area (Å²) in [6.07, 6.45) is 5.04. The lowest BCUT2D eigenvalue weighted by Crippen LogP contribution is -2.27. The number of hydrogen-bond donors (Lipinski definition) is 2. The molecule has 0 saturated carbocycles. The number of aromatic amines is 1. The Kier molecular flexibility index (Phi) is 3.17. The highest BCUT2D eigenvalue weighted by atomic mass is 16.1. The Balaban J connectivity index is 1.89. The Morgan fingerprint density at radius 2 is 2.19 bits per heavy atom. The van der Waals surface area contributed by atoms with Gasteiger partial charge in [0.1, 0.15) is 0 Å². The monoisotopic (exact) mass is 284 g/mol. The van der Waals surface area contributed by atoms with Gasteiger partial charge in [0, 0.05) is 24.0 Å². The average molecular weight is 284 g/mol. The molecule has 0 aliphatic rings. The second-order valence-corrected chi connectivity index (χ2v) is 5.04. The lowest BCUT2D eigenvalue weighted by atomic mass is 10.1. The zero-order valence-corrected chi connectivity index (χ0v) is 12.1. The molecule has 0 fully saturated rings. The van der Waals surface area contributed by atoms with Gasteiger partial charge in [-0.2, -0.15) is 10.2 Å². The molecule has 1 atom stereocenters. The van der Waals surface area contributed by atoms with Crippen LogP contribution in [-0.2, 0) is 0 Å². The lowest BCUT2D eigenvalue weighted by molar-refractivity contribution is 0.0938. The maximum absolute atomic E-state index is 12.4. The van der Waals surface area contributed by atoms with Crippen molar-refractivity contribution in [2.75, 3.05) is 0 Å². The summed E-state index contributed by atoms with van der Waals surface area (Å²) in [5, 5.41) is 13.9. The van der Waals surface area contributed by atoms with E-state index >= 15 is 0 Å². The predicted molar refractivity (Wildman–Crippen MR) is 76.9 cm³/mol. The van der Waals surface area contributed by atoms with E-state index < -0.39 is 0 Å². The van der Waals surface area contributed by atoms with Gasteiger partial charge in [0.15, 0.2) is 5.65 Å². The van der Waals surface area contributed by atoms with E-state index in [1.807, 2.05) is 26.8 Å². The van der Waals surface area contributed by atoms with Crippen molar-refractivity contribution in [3.63, 3.8) is 0 Å². The smallest absolute Gasteiger partial charge is 0.255 e. The van der Waals surface area contributed by atoms with E-state index in [4.69, 9.17) is 0 Å². The van der Waals surface area contributed by atoms with Crippen LogP contribution in [0.5, 0.6) is 0 Å². The first-order chi connectivity index (χ1) is 10.1. The molecule has 21 heavy (non-hydrogen) atoms. The fraction of sp³-hybridized carbons (Fsp3) is 0.286. The highest BCUT2D eigenvalue weighted by molar-refractivity contribution is 5.95. The molecule has 2 N–H and O–H groups in total. The molecule has 0 aliphatic carbocycles. The van der Waals surface area contributed by atoms with Gasteiger partial charge in [0.2, 0.25) is 0 Å². The van der Waals surface area contributed by atoms with Crippen molar-refractivity contribution in [3.05, 3.63) is 47.2 Å². The second-order valence-electron chi connectivity index (χ2n) is 5.04. The van der Waals surface area contributed by atoms with E-state index in [1.165, 1.54) is 0 Å². The third kappa shape index (κ3) is 2.37. The minimum absolute atomic E-state index is 0.134. The molecular weight excluding hydrogens is 268 g/mol. The largest absolute Gasteiger partial charge is 0.345 e. The standard InChI is InChI=1S/C14H16N6O/c1-8-4-13-15-7-12(10(3)20(13)19-8)14(21)18-9(2)11-5-16-17-6-11/h4-7,9H,1-3H3,(H,16,17)(H,18,21). The maximum Gasteiger partial charge on any atom is 0.255 e. The molecule has 3 aromatic heterocycles. The number of aromatic nitrogens is 5. The number of nitrogens with zero attached hydrogens (tertiary/aromatic N) is 4. The van der Waals surface area contributed by atoms with Crippen LogP contribution in [0.2, 0.25) is 0 Å². The van der Waals surface area contributed by atoms with Crippen LogP contribution >= 0.6 is 0 Å². The fourth-order valence-electron chi connectivity index (χ4n) is 2.24. The Hall–Kier alpha value is -2.70. The van der Waals surface area contributed by atoms with Gasteiger partial charge in [-0.15, -0.1) is 0 Å². The van der Waals surface area contributed by atoms with Gasteiger partial charge in [-0.1, -0.05) is 0 Å². The van der Waals surface area contributed by atoms with Gasteiger partial charge in [0.25, 0.3) is 5.91 Å². The maximum atomic E-state index is 12.4. The van der Waals surface area contributed by atoms with Crippen LogP contribution in [0.1, 0.15) is 40.3 Å². The number of nitrogens with one attached hydrogen (secondary N) is 2. The van der Waals surface area contributed by atoms with Gasteiger partial charge in [-0.05, 0) is 20.8 Å². The highest BCUT2D eigenvalue weighted by Gasteiger charge is 2.16. The van der Waals surface area contributed by atoms with Crippen LogP contribution in [0.25, 0.3) is 5.65 Å². The Morgan fingerprint density at radius 3 is 2.90 bits per heavy atom. The summed E-state index contributed by atoms with van der Waals surface area (Å²) in [5.74, 6) is -0.177. The molecule has 3 rings (SSSR count). The lowest BCUT2D eigenvalue weighted by Gasteiger charge is -2.13. The normalized spacial score (nSPS) is 12.5. The first kappa shape index (κ1) is 13.3. The van der Waals surface area contributed by atoms with Crippen molar-refractivity contribution >= 4 is 11.6 Å². The summed E-state index contributed by atoms with van der Waals surface area (Å²) in [4.78, 5) is 16.7. The van der Waals surface area contributed by atoms with Crippen molar-refractivity contribution in [1.29, 1.82) is 0 Å². The van der Waals surface area contributed by atoms with Gasteiger partial charge in [0.05, 0.1) is 29.2 Å². The Bertz CT molecular complexity index is 789. The number of carbonyl (C=O) groups excluding carboxylic acids is 1. The number of H-pyrrole nitrogens is 1. The van der Waals surface area contributed by atoms with Crippen LogP contribution in [0.4, 0.5) is 0 Å². The number of hydrogen-bond acceptors (Lipinski definition) is 4. The molecule has 0 radical (unpaired) electrons. The molecule has 7 heteroatoms. The zero-order chi connectivity index (χ0) is 15.0. The average Bonchev–Trinajstić information content (AvgIpc) is 3.07. The fourth-order valence-corrected chi connectivity index (χ4v) is 2.24. The molecule has 1 unspecified atom stereocenters. The van der Waals surface area contributed by atoms with E-state index in [1.54, 1.807) is 23.1 Å². The first-order valence-electron chi connectivity index (χ1n) is 6.68. The van der Waals surface area contributed by atoms with Crippen LogP contribution in [0, 0.1) is 13.8 Å². The van der Waals surface area contributed by atoms with E-state index in [9.17, 15) is 4.79 Å². The molecule has 3 aromatic rings. The third-order valence-corrected chi connectivity index (χ3v) is 3.46. The van der Waals surface area contributed by atoms with Gasteiger partial charge in [-0.3, -0.25) is 9.89 Å². The molecule has 0 aliphatic heterocycles. The molecule has 0 saturated heterocycles. The highest BCUT2D eigenvalue weighted by Crippen LogP contribution is 2.14. The van der Waals surface area contributed by atoms with Gasteiger partial charge < -0.3 is 5.32 Å². The van der Waals surface area contributed by atoms with Gasteiger partial charge in [-0.25, -0.2) is 9.50 Å². The molecule has 1 amide bonds. The Labute approximate surface area is 121 Å². The van der Waals surface area contributed by atoms with Crippen molar-refractivity contribution in [1.82, 2.24) is 30.1 Å². The van der Waals surface area contributed by atoms with E-state index in [2.05, 4.69) is 25.6 Å². The summed E-state index contributed by atoms with van der Waals surface area (Å²) in [6, 6.07) is 1.74. The molecule has 0 bridgehead atoms. The number of amides is 1. The van der Waals surface area contributed by atoms with Crippen molar-refractivity contribution in [2.24, 2.45) is 0 Å².